The third-order valence-electron chi connectivity index (χ3n) is 3.69. The Bertz CT molecular complexity index is 654. The highest BCUT2D eigenvalue weighted by Gasteiger charge is 2.28. The maximum Gasteiger partial charge on any atom is 0.240 e. The van der Waals surface area contributed by atoms with Crippen LogP contribution >= 0.6 is 11.8 Å². The quantitative estimate of drug-likeness (QED) is 0.698. The van der Waals surface area contributed by atoms with Crippen LogP contribution in [0.25, 0.3) is 0 Å². The van der Waals surface area contributed by atoms with E-state index in [0.29, 0.717) is 0 Å². The van der Waals surface area contributed by atoms with Gasteiger partial charge in [0.1, 0.15) is 0 Å². The molecule has 3 nitrogen and oxygen atoms in total. The molecule has 1 aliphatic rings. The number of para-hydroxylation sites is 1. The number of fused-ring (bicyclic) bond motifs is 1. The number of hydrogen-bond donors (Lipinski definition) is 1. The van der Waals surface area contributed by atoms with Gasteiger partial charge < -0.3 is 10.6 Å². The first kappa shape index (κ1) is 14.0. The first-order chi connectivity index (χ1) is 10.1. The van der Waals surface area contributed by atoms with Gasteiger partial charge in [-0.3, -0.25) is 4.79 Å². The molecule has 21 heavy (non-hydrogen) atoms. The Labute approximate surface area is 129 Å². The molecule has 3 rings (SSSR count). The molecule has 0 saturated carbocycles. The maximum absolute atomic E-state index is 12.7. The normalized spacial score (nSPS) is 14.8. The summed E-state index contributed by atoms with van der Waals surface area (Å²) in [6.45, 7) is 2.75. The van der Waals surface area contributed by atoms with Crippen LogP contribution < -0.4 is 10.6 Å². The van der Waals surface area contributed by atoms with Crippen molar-refractivity contribution in [1.29, 1.82) is 0 Å². The van der Waals surface area contributed by atoms with Gasteiger partial charge in [0.25, 0.3) is 0 Å². The third kappa shape index (κ3) is 2.90. The van der Waals surface area contributed by atoms with Crippen molar-refractivity contribution >= 4 is 29.0 Å². The van der Waals surface area contributed by atoms with Gasteiger partial charge in [0.05, 0.1) is 5.25 Å². The minimum Gasteiger partial charge on any atom is -0.399 e. The van der Waals surface area contributed by atoms with Gasteiger partial charge in [0, 0.05) is 22.8 Å². The Hall–Kier alpha value is -1.94. The number of carbonyl (C=O) groups excluding carboxylic acids is 1. The first-order valence-corrected chi connectivity index (χ1v) is 7.94. The van der Waals surface area contributed by atoms with E-state index >= 15 is 0 Å². The largest absolute Gasteiger partial charge is 0.399 e. The Balaban J connectivity index is 1.72. The van der Waals surface area contributed by atoms with Crippen LogP contribution in [0.3, 0.4) is 0 Å². The number of carbonyl (C=O) groups is 1. The summed E-state index contributed by atoms with van der Waals surface area (Å²) < 4.78 is 0. The first-order valence-electron chi connectivity index (χ1n) is 7.06. The summed E-state index contributed by atoms with van der Waals surface area (Å²) in [5.41, 5.74) is 8.75. The van der Waals surface area contributed by atoms with E-state index in [4.69, 9.17) is 5.73 Å². The molecule has 1 amide bonds. The molecule has 0 aromatic heterocycles. The molecular weight excluding hydrogens is 280 g/mol. The van der Waals surface area contributed by atoms with Crippen LogP contribution in [0.5, 0.6) is 0 Å². The maximum atomic E-state index is 12.7. The smallest absolute Gasteiger partial charge is 0.240 e. The fourth-order valence-corrected chi connectivity index (χ4v) is 3.52. The van der Waals surface area contributed by atoms with Crippen molar-refractivity contribution in [1.82, 2.24) is 0 Å². The fraction of sp³-hybridized carbons (Fsp3) is 0.235. The van der Waals surface area contributed by atoms with Crippen LogP contribution in [0.15, 0.2) is 53.4 Å². The van der Waals surface area contributed by atoms with E-state index in [2.05, 4.69) is 6.07 Å². The molecule has 0 bridgehead atoms. The lowest BCUT2D eigenvalue weighted by Crippen LogP contribution is -2.35. The lowest BCUT2D eigenvalue weighted by Gasteiger charge is -2.21. The highest BCUT2D eigenvalue weighted by molar-refractivity contribution is 8.00. The molecule has 108 valence electrons. The summed E-state index contributed by atoms with van der Waals surface area (Å²) in [5.74, 6) is 0.168. The lowest BCUT2D eigenvalue weighted by molar-refractivity contribution is -0.117. The number of nitrogen functional groups attached to an aromatic ring is 1. The fourth-order valence-electron chi connectivity index (χ4n) is 2.59. The summed E-state index contributed by atoms with van der Waals surface area (Å²) in [6, 6.07) is 15.8. The van der Waals surface area contributed by atoms with E-state index in [1.807, 2.05) is 54.3 Å². The van der Waals surface area contributed by atoms with E-state index in [-0.39, 0.29) is 11.2 Å². The number of thioether (sulfide) groups is 1. The van der Waals surface area contributed by atoms with E-state index < -0.39 is 0 Å². The van der Waals surface area contributed by atoms with Crippen LogP contribution in [0, 0.1) is 0 Å². The van der Waals surface area contributed by atoms with Crippen LogP contribution in [-0.2, 0) is 11.2 Å². The molecule has 0 saturated heterocycles. The minimum absolute atomic E-state index is 0.111. The molecule has 0 unspecified atom stereocenters. The highest BCUT2D eigenvalue weighted by Crippen LogP contribution is 2.31. The number of nitrogens with zero attached hydrogens (tertiary/aromatic N) is 1. The average Bonchev–Trinajstić information content (AvgIpc) is 2.92. The van der Waals surface area contributed by atoms with E-state index in [0.717, 1.165) is 29.2 Å². The van der Waals surface area contributed by atoms with Gasteiger partial charge in [-0.1, -0.05) is 18.2 Å². The summed E-state index contributed by atoms with van der Waals surface area (Å²) in [4.78, 5) is 15.6. The van der Waals surface area contributed by atoms with Gasteiger partial charge in [-0.25, -0.2) is 0 Å². The second-order valence-electron chi connectivity index (χ2n) is 5.20. The number of benzene rings is 2. The zero-order chi connectivity index (χ0) is 14.8. The summed E-state index contributed by atoms with van der Waals surface area (Å²) in [7, 11) is 0. The molecular formula is C17H18N2OS. The minimum atomic E-state index is -0.111. The van der Waals surface area contributed by atoms with Crippen molar-refractivity contribution in [3.63, 3.8) is 0 Å². The molecule has 0 fully saturated rings. The lowest BCUT2D eigenvalue weighted by atomic mass is 10.2. The van der Waals surface area contributed by atoms with Crippen LogP contribution in [0.4, 0.5) is 11.4 Å². The van der Waals surface area contributed by atoms with Crippen molar-refractivity contribution in [2.75, 3.05) is 17.2 Å². The van der Waals surface area contributed by atoms with Crippen molar-refractivity contribution in [2.24, 2.45) is 0 Å². The number of nitrogens with two attached hydrogens (primary N) is 1. The van der Waals surface area contributed by atoms with Crippen LogP contribution in [-0.4, -0.2) is 17.7 Å². The van der Waals surface area contributed by atoms with Crippen LogP contribution in [0.2, 0.25) is 0 Å². The molecule has 4 heteroatoms. The SMILES string of the molecule is C[C@@H](Sc1ccc(N)cc1)C(=O)N1CCc2ccccc21. The van der Waals surface area contributed by atoms with Gasteiger partial charge >= 0.3 is 0 Å². The zero-order valence-electron chi connectivity index (χ0n) is 12.0. The molecule has 1 aliphatic heterocycles. The second-order valence-corrected chi connectivity index (χ2v) is 6.61. The van der Waals surface area contributed by atoms with Crippen molar-refractivity contribution in [3.05, 3.63) is 54.1 Å². The molecule has 1 atom stereocenters. The number of rotatable bonds is 3. The summed E-state index contributed by atoms with van der Waals surface area (Å²) in [6.07, 6.45) is 0.946. The summed E-state index contributed by atoms with van der Waals surface area (Å²) >= 11 is 1.58. The predicted octanol–water partition coefficient (Wildman–Crippen LogP) is 3.34. The highest BCUT2D eigenvalue weighted by atomic mass is 32.2. The zero-order valence-corrected chi connectivity index (χ0v) is 12.8. The molecule has 2 N–H and O–H groups in total. The second kappa shape index (κ2) is 5.82. The van der Waals surface area contributed by atoms with Gasteiger partial charge in [0.15, 0.2) is 0 Å². The van der Waals surface area contributed by atoms with E-state index in [9.17, 15) is 4.79 Å². The molecule has 2 aromatic rings. The topological polar surface area (TPSA) is 46.3 Å². The Morgan fingerprint density at radius 1 is 1.19 bits per heavy atom. The van der Waals surface area contributed by atoms with Crippen LogP contribution in [0.1, 0.15) is 12.5 Å². The number of amides is 1. The number of hydrogen-bond acceptors (Lipinski definition) is 3. The van der Waals surface area contributed by atoms with Gasteiger partial charge in [-0.2, -0.15) is 0 Å². The molecule has 1 heterocycles. The van der Waals surface area contributed by atoms with E-state index in [1.165, 1.54) is 5.56 Å². The average molecular weight is 298 g/mol. The predicted molar refractivity (Wildman–Crippen MR) is 88.7 cm³/mol. The monoisotopic (exact) mass is 298 g/mol. The van der Waals surface area contributed by atoms with Crippen molar-refractivity contribution in [3.8, 4) is 0 Å². The van der Waals surface area contributed by atoms with Gasteiger partial charge in [-0.15, -0.1) is 11.8 Å². The Kier molecular flexibility index (Phi) is 3.88. The van der Waals surface area contributed by atoms with E-state index in [1.54, 1.807) is 11.8 Å². The standard InChI is InChI=1S/C17H18N2OS/c1-12(21-15-8-6-14(18)7-9-15)17(20)19-11-10-13-4-2-3-5-16(13)19/h2-9,12H,10-11,18H2,1H3/t12-/m1/s1. The molecule has 0 radical (unpaired) electrons. The Morgan fingerprint density at radius 3 is 2.67 bits per heavy atom. The molecule has 2 aromatic carbocycles. The molecule has 0 aliphatic carbocycles. The third-order valence-corrected chi connectivity index (χ3v) is 4.79. The Morgan fingerprint density at radius 2 is 1.90 bits per heavy atom. The molecule has 0 spiro atoms. The van der Waals surface area contributed by atoms with Gasteiger partial charge in [-0.05, 0) is 49.2 Å². The van der Waals surface area contributed by atoms with Crippen molar-refractivity contribution < 1.29 is 4.79 Å². The summed E-state index contributed by atoms with van der Waals surface area (Å²) in [5, 5.41) is -0.111. The number of anilines is 2. The van der Waals surface area contributed by atoms with Crippen molar-refractivity contribution in [2.45, 2.75) is 23.5 Å². The van der Waals surface area contributed by atoms with Gasteiger partial charge in [0.2, 0.25) is 5.91 Å².